The molecule has 71 heavy (non-hydrogen) atoms. The first kappa shape index (κ1) is 52.2. The van der Waals surface area contributed by atoms with Crippen molar-refractivity contribution in [1.82, 2.24) is 15.0 Å². The van der Waals surface area contributed by atoms with Crippen molar-refractivity contribution in [3.63, 3.8) is 0 Å². The van der Waals surface area contributed by atoms with Crippen molar-refractivity contribution in [2.75, 3.05) is 6.61 Å². The number of Topliss-reactive ketones (excluding diaryl/α,β-unsaturated/α-hetero) is 1. The van der Waals surface area contributed by atoms with Gasteiger partial charge in [-0.25, -0.2) is 4.79 Å². The molecule has 0 spiro atoms. The zero-order chi connectivity index (χ0) is 49.8. The molecule has 1 aromatic heterocycles. The minimum atomic E-state index is -0.242. The van der Waals surface area contributed by atoms with E-state index in [4.69, 9.17) is 14.2 Å². The lowest BCUT2D eigenvalue weighted by atomic mass is 9.47. The van der Waals surface area contributed by atoms with Crippen LogP contribution in [-0.4, -0.2) is 39.5 Å². The highest BCUT2D eigenvalue weighted by Crippen LogP contribution is 2.67. The molecule has 3 saturated carbocycles. The summed E-state index contributed by atoms with van der Waals surface area (Å²) < 4.78 is 20.1. The number of rotatable bonds is 25. The number of fused-ring (bicyclic) bond motifs is 5. The first-order valence-electron chi connectivity index (χ1n) is 27.7. The minimum Gasteiger partial charge on any atom is -0.494 e. The Hall–Kier alpha value is -5.12. The fourth-order valence-corrected chi connectivity index (χ4v) is 13.4. The fourth-order valence-electron chi connectivity index (χ4n) is 13.4. The summed E-state index contributed by atoms with van der Waals surface area (Å²) in [5.74, 6) is 6.27. The van der Waals surface area contributed by atoms with Gasteiger partial charge in [0.1, 0.15) is 29.9 Å². The average Bonchev–Trinajstić information content (AvgIpc) is 3.98. The molecule has 382 valence electrons. The first-order chi connectivity index (χ1) is 34.4. The Morgan fingerprint density at radius 1 is 0.718 bits per heavy atom. The molecule has 1 heterocycles. The number of ketones is 1. The number of carbonyl (C=O) groups excluding carboxylic acids is 2. The maximum absolute atomic E-state index is 13.4. The fraction of sp³-hybridized carbons (Fsp3) is 0.607. The summed E-state index contributed by atoms with van der Waals surface area (Å²) in [6.45, 7) is 16.0. The van der Waals surface area contributed by atoms with Crippen LogP contribution in [0.25, 0.3) is 0 Å². The van der Waals surface area contributed by atoms with Crippen LogP contribution in [-0.2, 0) is 17.9 Å². The molecule has 0 saturated heterocycles. The van der Waals surface area contributed by atoms with E-state index in [9.17, 15) is 9.59 Å². The molecule has 4 aliphatic carbocycles. The molecular weight excluding hydrogens is 883 g/mol. The maximum atomic E-state index is 13.4. The highest BCUT2D eigenvalue weighted by Gasteiger charge is 2.59. The van der Waals surface area contributed by atoms with Gasteiger partial charge in [0, 0.05) is 18.5 Å². The van der Waals surface area contributed by atoms with E-state index in [1.165, 1.54) is 83.5 Å². The molecule has 0 radical (unpaired) electrons. The Bertz CT molecular complexity index is 2390. The maximum Gasteiger partial charge on any atom is 0.338 e. The molecule has 0 aliphatic heterocycles. The van der Waals surface area contributed by atoms with E-state index in [0.29, 0.717) is 41.2 Å². The van der Waals surface area contributed by atoms with Crippen LogP contribution in [0.15, 0.2) is 101 Å². The van der Waals surface area contributed by atoms with E-state index in [1.807, 2.05) is 59.4 Å². The van der Waals surface area contributed by atoms with Crippen molar-refractivity contribution in [3.05, 3.63) is 107 Å². The van der Waals surface area contributed by atoms with E-state index in [1.54, 1.807) is 36.8 Å². The number of hydrogen-bond donors (Lipinski definition) is 0. The van der Waals surface area contributed by atoms with Crippen LogP contribution in [0, 0.1) is 46.3 Å². The highest BCUT2D eigenvalue weighted by molar-refractivity contribution is 5.94. The zero-order valence-corrected chi connectivity index (χ0v) is 44.0. The number of unbranched alkanes of at least 4 members (excludes halogenated alkanes) is 7. The highest BCUT2D eigenvalue weighted by atomic mass is 16.5. The van der Waals surface area contributed by atoms with E-state index in [2.05, 4.69) is 61.2 Å². The van der Waals surface area contributed by atoms with Gasteiger partial charge in [-0.2, -0.15) is 10.2 Å². The third kappa shape index (κ3) is 13.5. The van der Waals surface area contributed by atoms with Gasteiger partial charge < -0.3 is 14.2 Å². The number of allylic oxidation sites excluding steroid dienone is 1. The molecule has 10 nitrogen and oxygen atoms in total. The lowest BCUT2D eigenvalue weighted by Crippen LogP contribution is -2.51. The van der Waals surface area contributed by atoms with Gasteiger partial charge in [-0.05, 0) is 184 Å². The number of nitrogens with zero attached hydrogens (tertiary/aromatic N) is 5. The van der Waals surface area contributed by atoms with Gasteiger partial charge in [-0.1, -0.05) is 109 Å². The molecule has 0 N–H and O–H groups in total. The molecular formula is C61H83N5O5. The van der Waals surface area contributed by atoms with Crippen LogP contribution in [0.1, 0.15) is 190 Å². The van der Waals surface area contributed by atoms with E-state index in [-0.39, 0.29) is 23.3 Å². The Morgan fingerprint density at radius 3 is 2.07 bits per heavy atom. The number of aromatic nitrogens is 3. The average molecular weight is 966 g/mol. The Balaban J connectivity index is 0.666. The second-order valence-corrected chi connectivity index (χ2v) is 22.8. The molecule has 0 bridgehead atoms. The summed E-state index contributed by atoms with van der Waals surface area (Å²) in [4.78, 5) is 24.9. The van der Waals surface area contributed by atoms with E-state index < -0.39 is 0 Å². The molecule has 8 rings (SSSR count). The Labute approximate surface area is 425 Å². The first-order valence-corrected chi connectivity index (χ1v) is 27.7. The molecule has 4 aliphatic rings. The standard InChI is InChI=1S/C61H83N5O5/c1-43(2)16-15-17-44(3)56-32-33-57-55-31-22-48-40-54(34-36-60(48,5)58(55)35-37-61(56,57)6)71-59(68)47-20-27-53(28-21-47)70-42-51-41-66(65-64-51)38-13-11-9-7-8-10-12-14-39-69-52-29-25-50(26-30-52)63-62-49-23-18-46(19-24-49)45(4)67/h18-30,41,43-44,54-58H,7-17,31-40,42H2,1-6H3/t44-,54?,55+,56-,57+,58+,60+,61-/m1/s1. The number of esters is 1. The van der Waals surface area contributed by atoms with Crippen LogP contribution >= 0.6 is 0 Å². The number of aryl methyl sites for hydroxylation is 1. The van der Waals surface area contributed by atoms with Gasteiger partial charge in [0.05, 0.1) is 29.7 Å². The van der Waals surface area contributed by atoms with Gasteiger partial charge in [0.2, 0.25) is 0 Å². The van der Waals surface area contributed by atoms with Gasteiger partial charge in [-0.3, -0.25) is 9.48 Å². The molecule has 0 amide bonds. The van der Waals surface area contributed by atoms with Crippen LogP contribution in [0.3, 0.4) is 0 Å². The molecule has 1 unspecified atom stereocenters. The molecule has 3 fully saturated rings. The van der Waals surface area contributed by atoms with E-state index in [0.717, 1.165) is 97.7 Å². The summed E-state index contributed by atoms with van der Waals surface area (Å²) in [5, 5.41) is 17.2. The van der Waals surface area contributed by atoms with Crippen molar-refractivity contribution in [2.45, 2.75) is 183 Å². The van der Waals surface area contributed by atoms with Gasteiger partial charge in [0.15, 0.2) is 5.78 Å². The van der Waals surface area contributed by atoms with Crippen molar-refractivity contribution < 1.29 is 23.8 Å². The third-order valence-corrected chi connectivity index (χ3v) is 17.5. The van der Waals surface area contributed by atoms with Crippen molar-refractivity contribution in [2.24, 2.45) is 56.6 Å². The predicted molar refractivity (Wildman–Crippen MR) is 283 cm³/mol. The molecule has 3 aromatic carbocycles. The number of benzene rings is 3. The topological polar surface area (TPSA) is 117 Å². The number of carbonyl (C=O) groups is 2. The van der Waals surface area contributed by atoms with E-state index >= 15 is 0 Å². The number of ether oxygens (including phenoxy) is 3. The quantitative estimate of drug-likeness (QED) is 0.0213. The molecule has 10 heteroatoms. The summed E-state index contributed by atoms with van der Waals surface area (Å²) in [6, 6.07) is 22.1. The number of hydrogen-bond acceptors (Lipinski definition) is 9. The van der Waals surface area contributed by atoms with Gasteiger partial charge in [0.25, 0.3) is 0 Å². The SMILES string of the molecule is CC(=O)c1ccc(N=Nc2ccc(OCCCCCCCCCCn3cc(COc4ccc(C(=O)OC5CC[C@@]6(C)C(=CC[C@H]7[C@@H]8CC[C@H]([C@H](C)CCCC(C)C)[C@@]8(C)CC[C@@H]76)C5)cc4)nn3)cc2)cc1. The lowest BCUT2D eigenvalue weighted by Gasteiger charge is -2.58. The number of azo groups is 1. The lowest BCUT2D eigenvalue weighted by molar-refractivity contribution is -0.0594. The van der Waals surface area contributed by atoms with Crippen LogP contribution in [0.5, 0.6) is 11.5 Å². The van der Waals surface area contributed by atoms with Gasteiger partial charge in [-0.15, -0.1) is 5.10 Å². The Morgan fingerprint density at radius 2 is 1.37 bits per heavy atom. The monoisotopic (exact) mass is 966 g/mol. The van der Waals surface area contributed by atoms with Gasteiger partial charge >= 0.3 is 5.97 Å². The minimum absolute atomic E-state index is 0.0343. The molecule has 4 aromatic rings. The normalized spacial score (nSPS) is 25.3. The third-order valence-electron chi connectivity index (χ3n) is 17.5. The largest absolute Gasteiger partial charge is 0.494 e. The predicted octanol–water partition coefficient (Wildman–Crippen LogP) is 16.2. The van der Waals surface area contributed by atoms with Crippen LogP contribution < -0.4 is 9.47 Å². The van der Waals surface area contributed by atoms with Crippen molar-refractivity contribution in [1.29, 1.82) is 0 Å². The summed E-state index contributed by atoms with van der Waals surface area (Å²) in [6.07, 6.45) is 27.7. The van der Waals surface area contributed by atoms with Crippen LogP contribution in [0.4, 0.5) is 11.4 Å². The second-order valence-electron chi connectivity index (χ2n) is 22.8. The van der Waals surface area contributed by atoms with Crippen molar-refractivity contribution in [3.8, 4) is 11.5 Å². The zero-order valence-electron chi connectivity index (χ0n) is 44.0. The summed E-state index contributed by atoms with van der Waals surface area (Å²) in [5.41, 5.74) is 5.77. The Kier molecular flexibility index (Phi) is 18.0. The van der Waals surface area contributed by atoms with Crippen molar-refractivity contribution >= 4 is 23.1 Å². The summed E-state index contributed by atoms with van der Waals surface area (Å²) in [7, 11) is 0. The van der Waals surface area contributed by atoms with Crippen LogP contribution in [0.2, 0.25) is 0 Å². The smallest absolute Gasteiger partial charge is 0.338 e. The molecule has 8 atom stereocenters. The summed E-state index contributed by atoms with van der Waals surface area (Å²) >= 11 is 0. The second kappa shape index (κ2) is 24.5.